The number of methoxy groups -OCH3 is 1. The molecule has 2 rings (SSSR count). The van der Waals surface area contributed by atoms with Gasteiger partial charge in [0.2, 0.25) is 0 Å². The third-order valence-electron chi connectivity index (χ3n) is 2.09. The molecule has 1 N–H and O–H groups in total. The van der Waals surface area contributed by atoms with Crippen molar-refractivity contribution in [3.63, 3.8) is 0 Å². The van der Waals surface area contributed by atoms with Gasteiger partial charge in [0, 0.05) is 15.5 Å². The van der Waals surface area contributed by atoms with E-state index in [1.54, 1.807) is 19.2 Å². The highest BCUT2D eigenvalue weighted by atomic mass is 32.1. The molecule has 0 aliphatic heterocycles. The van der Waals surface area contributed by atoms with Crippen LogP contribution in [0.2, 0.25) is 0 Å². The molecule has 0 unspecified atom stereocenters. The standard InChI is InChI=1S/C10H9FO2S/c1-13-7-2-6(4-12)10-8(11)5-14-9(10)3-7/h2-3,5,12H,4H2,1H3. The molecular formula is C10H9FO2S. The van der Waals surface area contributed by atoms with Crippen LogP contribution in [0.1, 0.15) is 5.56 Å². The molecule has 0 bridgehead atoms. The number of ether oxygens (including phenoxy) is 1. The Morgan fingerprint density at radius 1 is 1.50 bits per heavy atom. The smallest absolute Gasteiger partial charge is 0.142 e. The van der Waals surface area contributed by atoms with Crippen molar-refractivity contribution in [2.45, 2.75) is 6.61 Å². The van der Waals surface area contributed by atoms with E-state index in [0.29, 0.717) is 16.7 Å². The van der Waals surface area contributed by atoms with Gasteiger partial charge in [-0.2, -0.15) is 0 Å². The number of hydrogen-bond acceptors (Lipinski definition) is 3. The van der Waals surface area contributed by atoms with Gasteiger partial charge in [-0.25, -0.2) is 4.39 Å². The summed E-state index contributed by atoms with van der Waals surface area (Å²) in [6, 6.07) is 3.42. The second-order valence-electron chi connectivity index (χ2n) is 2.90. The molecule has 0 saturated heterocycles. The van der Waals surface area contributed by atoms with E-state index >= 15 is 0 Å². The molecular weight excluding hydrogens is 203 g/mol. The van der Waals surface area contributed by atoms with Crippen molar-refractivity contribution in [1.29, 1.82) is 0 Å². The minimum absolute atomic E-state index is 0.179. The summed E-state index contributed by atoms with van der Waals surface area (Å²) in [6.07, 6.45) is 0. The van der Waals surface area contributed by atoms with Crippen molar-refractivity contribution in [1.82, 2.24) is 0 Å². The lowest BCUT2D eigenvalue weighted by Gasteiger charge is -2.04. The van der Waals surface area contributed by atoms with Gasteiger partial charge in [-0.05, 0) is 17.7 Å². The van der Waals surface area contributed by atoms with Gasteiger partial charge in [0.25, 0.3) is 0 Å². The summed E-state index contributed by atoms with van der Waals surface area (Å²) >= 11 is 1.31. The molecule has 0 saturated carbocycles. The average Bonchev–Trinajstić information content (AvgIpc) is 2.59. The number of hydrogen-bond donors (Lipinski definition) is 1. The molecule has 0 spiro atoms. The fourth-order valence-corrected chi connectivity index (χ4v) is 2.30. The molecule has 2 aromatic rings. The van der Waals surface area contributed by atoms with E-state index in [1.165, 1.54) is 16.7 Å². The summed E-state index contributed by atoms with van der Waals surface area (Å²) in [5, 5.41) is 11.0. The molecule has 1 aromatic heterocycles. The average molecular weight is 212 g/mol. The third-order valence-corrected chi connectivity index (χ3v) is 2.99. The highest BCUT2D eigenvalue weighted by molar-refractivity contribution is 7.17. The molecule has 0 aliphatic carbocycles. The van der Waals surface area contributed by atoms with Gasteiger partial charge >= 0.3 is 0 Å². The van der Waals surface area contributed by atoms with Gasteiger partial charge in [0.1, 0.15) is 11.6 Å². The van der Waals surface area contributed by atoms with Crippen molar-refractivity contribution in [2.75, 3.05) is 7.11 Å². The monoisotopic (exact) mass is 212 g/mol. The maximum Gasteiger partial charge on any atom is 0.142 e. The van der Waals surface area contributed by atoms with Crippen molar-refractivity contribution < 1.29 is 14.2 Å². The van der Waals surface area contributed by atoms with Gasteiger partial charge in [-0.1, -0.05) is 0 Å². The first kappa shape index (κ1) is 9.43. The molecule has 2 nitrogen and oxygen atoms in total. The molecule has 0 amide bonds. The molecule has 0 radical (unpaired) electrons. The predicted molar refractivity (Wildman–Crippen MR) is 54.3 cm³/mol. The minimum atomic E-state index is -0.281. The summed E-state index contributed by atoms with van der Waals surface area (Å²) in [7, 11) is 1.55. The summed E-state index contributed by atoms with van der Waals surface area (Å²) in [6.45, 7) is -0.179. The molecule has 0 atom stereocenters. The fourth-order valence-electron chi connectivity index (χ4n) is 1.43. The number of halogens is 1. The Labute approximate surface area is 84.6 Å². The van der Waals surface area contributed by atoms with Crippen LogP contribution in [-0.4, -0.2) is 12.2 Å². The highest BCUT2D eigenvalue weighted by Gasteiger charge is 2.10. The number of fused-ring (bicyclic) bond motifs is 1. The first-order valence-corrected chi connectivity index (χ1v) is 4.98. The molecule has 74 valence electrons. The number of aliphatic hydroxyl groups excluding tert-OH is 1. The third kappa shape index (κ3) is 1.36. The lowest BCUT2D eigenvalue weighted by atomic mass is 10.1. The van der Waals surface area contributed by atoms with Crippen LogP contribution in [-0.2, 0) is 6.61 Å². The van der Waals surface area contributed by atoms with E-state index in [1.807, 2.05) is 0 Å². The van der Waals surface area contributed by atoms with E-state index in [9.17, 15) is 4.39 Å². The minimum Gasteiger partial charge on any atom is -0.497 e. The summed E-state index contributed by atoms with van der Waals surface area (Å²) < 4.78 is 19.1. The van der Waals surface area contributed by atoms with E-state index in [-0.39, 0.29) is 12.4 Å². The SMILES string of the molecule is COc1cc(CO)c2c(F)csc2c1. The zero-order valence-electron chi connectivity index (χ0n) is 7.58. The van der Waals surface area contributed by atoms with Crippen molar-refractivity contribution >= 4 is 21.4 Å². The van der Waals surface area contributed by atoms with Crippen LogP contribution >= 0.6 is 11.3 Å². The van der Waals surface area contributed by atoms with Crippen LogP contribution < -0.4 is 4.74 Å². The van der Waals surface area contributed by atoms with Crippen molar-refractivity contribution in [2.24, 2.45) is 0 Å². The van der Waals surface area contributed by atoms with Crippen LogP contribution in [0.3, 0.4) is 0 Å². The number of thiophene rings is 1. The summed E-state index contributed by atoms with van der Waals surface area (Å²) in [5.41, 5.74) is 0.568. The number of rotatable bonds is 2. The lowest BCUT2D eigenvalue weighted by Crippen LogP contribution is -1.89. The Morgan fingerprint density at radius 2 is 2.29 bits per heavy atom. The fraction of sp³-hybridized carbons (Fsp3) is 0.200. The largest absolute Gasteiger partial charge is 0.497 e. The van der Waals surface area contributed by atoms with E-state index in [2.05, 4.69) is 0 Å². The van der Waals surface area contributed by atoms with Crippen molar-refractivity contribution in [3.05, 3.63) is 28.9 Å². The second-order valence-corrected chi connectivity index (χ2v) is 3.81. The maximum atomic E-state index is 13.3. The molecule has 1 heterocycles. The predicted octanol–water partition coefficient (Wildman–Crippen LogP) is 2.54. The normalized spacial score (nSPS) is 10.8. The van der Waals surface area contributed by atoms with Crippen LogP contribution in [0.25, 0.3) is 10.1 Å². The lowest BCUT2D eigenvalue weighted by molar-refractivity contribution is 0.282. The Kier molecular flexibility index (Phi) is 2.39. The Bertz CT molecular complexity index is 464. The van der Waals surface area contributed by atoms with E-state index < -0.39 is 0 Å². The molecule has 4 heteroatoms. The topological polar surface area (TPSA) is 29.5 Å². The molecule has 0 aliphatic rings. The van der Waals surface area contributed by atoms with Gasteiger partial charge < -0.3 is 9.84 Å². The second kappa shape index (κ2) is 3.55. The van der Waals surface area contributed by atoms with Crippen LogP contribution in [0, 0.1) is 5.82 Å². The Balaban J connectivity index is 2.76. The van der Waals surface area contributed by atoms with Crippen LogP contribution in [0.4, 0.5) is 4.39 Å². The Hall–Kier alpha value is -1.13. The van der Waals surface area contributed by atoms with Gasteiger partial charge in [-0.3, -0.25) is 0 Å². The van der Waals surface area contributed by atoms with E-state index in [4.69, 9.17) is 9.84 Å². The van der Waals surface area contributed by atoms with Gasteiger partial charge in [0.15, 0.2) is 0 Å². The van der Waals surface area contributed by atoms with Crippen LogP contribution in [0.5, 0.6) is 5.75 Å². The van der Waals surface area contributed by atoms with Gasteiger partial charge in [0.05, 0.1) is 13.7 Å². The Morgan fingerprint density at radius 3 is 2.93 bits per heavy atom. The summed E-state index contributed by atoms with van der Waals surface area (Å²) in [5.74, 6) is 0.361. The molecule has 14 heavy (non-hydrogen) atoms. The maximum absolute atomic E-state index is 13.3. The highest BCUT2D eigenvalue weighted by Crippen LogP contribution is 2.32. The first-order valence-electron chi connectivity index (χ1n) is 4.10. The zero-order chi connectivity index (χ0) is 10.1. The number of benzene rings is 1. The van der Waals surface area contributed by atoms with Crippen molar-refractivity contribution in [3.8, 4) is 5.75 Å². The molecule has 1 aromatic carbocycles. The van der Waals surface area contributed by atoms with Crippen LogP contribution in [0.15, 0.2) is 17.5 Å². The molecule has 0 fully saturated rings. The quantitative estimate of drug-likeness (QED) is 0.829. The van der Waals surface area contributed by atoms with E-state index in [0.717, 1.165) is 4.70 Å². The number of aliphatic hydroxyl groups is 1. The first-order chi connectivity index (χ1) is 6.76. The zero-order valence-corrected chi connectivity index (χ0v) is 8.40. The summed E-state index contributed by atoms with van der Waals surface area (Å²) in [4.78, 5) is 0. The van der Waals surface area contributed by atoms with Gasteiger partial charge in [-0.15, -0.1) is 11.3 Å².